The molecule has 0 fully saturated rings. The van der Waals surface area contributed by atoms with Crippen molar-refractivity contribution in [2.24, 2.45) is 0 Å². The molecule has 0 spiro atoms. The molecule has 2 unspecified atom stereocenters. The Labute approximate surface area is 130 Å². The number of unbranched alkanes of at least 4 members (excludes halogenated alkanes) is 5. The van der Waals surface area contributed by atoms with E-state index in [2.05, 4.69) is 38.1 Å². The average Bonchev–Trinajstić information content (AvgIpc) is 2.54. The van der Waals surface area contributed by atoms with Crippen molar-refractivity contribution < 1.29 is 9.47 Å². The molecule has 1 aromatic carbocycles. The molecule has 0 amide bonds. The van der Waals surface area contributed by atoms with Crippen LogP contribution in [-0.2, 0) is 15.1 Å². The first-order valence-corrected chi connectivity index (χ1v) is 8.32. The maximum absolute atomic E-state index is 5.85. The van der Waals surface area contributed by atoms with E-state index in [9.17, 15) is 0 Å². The van der Waals surface area contributed by atoms with Crippen LogP contribution in [-0.4, -0.2) is 20.3 Å². The summed E-state index contributed by atoms with van der Waals surface area (Å²) in [6.07, 6.45) is 8.97. The van der Waals surface area contributed by atoms with Gasteiger partial charge in [0, 0.05) is 14.2 Å². The summed E-state index contributed by atoms with van der Waals surface area (Å²) in [4.78, 5) is 0. The van der Waals surface area contributed by atoms with Gasteiger partial charge in [-0.2, -0.15) is 0 Å². The molecule has 0 aromatic heterocycles. The Kier molecular flexibility index (Phi) is 8.63. The van der Waals surface area contributed by atoms with Crippen molar-refractivity contribution in [1.29, 1.82) is 0 Å². The van der Waals surface area contributed by atoms with Crippen LogP contribution in [0.3, 0.4) is 0 Å². The minimum absolute atomic E-state index is 0.0936. The molecule has 1 rings (SSSR count). The maximum Gasteiger partial charge on any atom is 0.116 e. The van der Waals surface area contributed by atoms with Crippen molar-refractivity contribution >= 4 is 0 Å². The molecule has 0 N–H and O–H groups in total. The lowest BCUT2D eigenvalue weighted by atomic mass is 9.86. The van der Waals surface area contributed by atoms with E-state index >= 15 is 0 Å². The van der Waals surface area contributed by atoms with Crippen LogP contribution in [0, 0.1) is 0 Å². The van der Waals surface area contributed by atoms with E-state index in [4.69, 9.17) is 9.47 Å². The molecule has 120 valence electrons. The zero-order valence-electron chi connectivity index (χ0n) is 14.2. The number of methoxy groups -OCH3 is 2. The molecule has 0 bridgehead atoms. The molecular weight excluding hydrogens is 260 g/mol. The Hall–Kier alpha value is -0.860. The predicted molar refractivity (Wildman–Crippen MR) is 89.6 cm³/mol. The highest BCUT2D eigenvalue weighted by Gasteiger charge is 2.35. The van der Waals surface area contributed by atoms with E-state index in [0.717, 1.165) is 6.42 Å². The molecule has 0 heterocycles. The van der Waals surface area contributed by atoms with E-state index < -0.39 is 0 Å². The second kappa shape index (κ2) is 9.97. The van der Waals surface area contributed by atoms with E-state index in [-0.39, 0.29) is 11.7 Å². The third kappa shape index (κ3) is 5.44. The molecule has 2 atom stereocenters. The van der Waals surface area contributed by atoms with Crippen LogP contribution in [0.15, 0.2) is 30.3 Å². The van der Waals surface area contributed by atoms with Gasteiger partial charge in [0.1, 0.15) is 5.60 Å². The molecule has 2 heteroatoms. The lowest BCUT2D eigenvalue weighted by Gasteiger charge is -2.36. The molecular formula is C19H32O2. The fraction of sp³-hybridized carbons (Fsp3) is 0.684. The van der Waals surface area contributed by atoms with E-state index in [1.807, 2.05) is 6.07 Å². The van der Waals surface area contributed by atoms with E-state index in [1.165, 1.54) is 44.1 Å². The highest BCUT2D eigenvalue weighted by molar-refractivity contribution is 5.23. The van der Waals surface area contributed by atoms with Crippen LogP contribution in [0.2, 0.25) is 0 Å². The summed E-state index contributed by atoms with van der Waals surface area (Å²) in [6, 6.07) is 10.4. The molecule has 2 nitrogen and oxygen atoms in total. The molecule has 0 aliphatic rings. The van der Waals surface area contributed by atoms with E-state index in [0.29, 0.717) is 0 Å². The number of benzene rings is 1. The molecule has 0 saturated heterocycles. The van der Waals surface area contributed by atoms with Gasteiger partial charge in [0.15, 0.2) is 0 Å². The van der Waals surface area contributed by atoms with Crippen LogP contribution < -0.4 is 0 Å². The summed E-state index contributed by atoms with van der Waals surface area (Å²) >= 11 is 0. The molecule has 0 aliphatic carbocycles. The molecule has 0 radical (unpaired) electrons. The quantitative estimate of drug-likeness (QED) is 0.514. The van der Waals surface area contributed by atoms with Gasteiger partial charge in [0.2, 0.25) is 0 Å². The Morgan fingerprint density at radius 2 is 1.57 bits per heavy atom. The minimum atomic E-state index is -0.376. The van der Waals surface area contributed by atoms with Gasteiger partial charge >= 0.3 is 0 Å². The highest BCUT2D eigenvalue weighted by atomic mass is 16.5. The number of hydrogen-bond acceptors (Lipinski definition) is 2. The van der Waals surface area contributed by atoms with Gasteiger partial charge in [-0.15, -0.1) is 0 Å². The predicted octanol–water partition coefficient (Wildman–Crippen LogP) is 5.31. The van der Waals surface area contributed by atoms with Gasteiger partial charge in [-0.25, -0.2) is 0 Å². The monoisotopic (exact) mass is 292 g/mol. The van der Waals surface area contributed by atoms with Crippen LogP contribution in [0.4, 0.5) is 0 Å². The van der Waals surface area contributed by atoms with Crippen molar-refractivity contribution in [1.82, 2.24) is 0 Å². The normalized spacial score (nSPS) is 15.6. The second-order valence-corrected chi connectivity index (χ2v) is 5.96. The summed E-state index contributed by atoms with van der Waals surface area (Å²) in [6.45, 7) is 4.39. The van der Waals surface area contributed by atoms with Crippen molar-refractivity contribution in [2.45, 2.75) is 70.5 Å². The van der Waals surface area contributed by atoms with Crippen LogP contribution >= 0.6 is 0 Å². The topological polar surface area (TPSA) is 18.5 Å². The highest BCUT2D eigenvalue weighted by Crippen LogP contribution is 2.33. The van der Waals surface area contributed by atoms with Crippen LogP contribution in [0.25, 0.3) is 0 Å². The van der Waals surface area contributed by atoms with Gasteiger partial charge < -0.3 is 9.47 Å². The largest absolute Gasteiger partial charge is 0.378 e. The van der Waals surface area contributed by atoms with Crippen molar-refractivity contribution in [3.63, 3.8) is 0 Å². The third-order valence-corrected chi connectivity index (χ3v) is 4.49. The summed E-state index contributed by atoms with van der Waals surface area (Å²) < 4.78 is 11.6. The second-order valence-electron chi connectivity index (χ2n) is 5.96. The van der Waals surface area contributed by atoms with Crippen molar-refractivity contribution in [2.75, 3.05) is 14.2 Å². The van der Waals surface area contributed by atoms with Crippen LogP contribution in [0.1, 0.15) is 64.4 Å². The van der Waals surface area contributed by atoms with E-state index in [1.54, 1.807) is 14.2 Å². The van der Waals surface area contributed by atoms with Gasteiger partial charge in [-0.05, 0) is 18.9 Å². The minimum Gasteiger partial charge on any atom is -0.378 e. The Bertz CT molecular complexity index is 363. The smallest absolute Gasteiger partial charge is 0.116 e. The molecule has 21 heavy (non-hydrogen) atoms. The Morgan fingerprint density at radius 3 is 2.14 bits per heavy atom. The van der Waals surface area contributed by atoms with Crippen molar-refractivity contribution in [3.8, 4) is 0 Å². The fourth-order valence-electron chi connectivity index (χ4n) is 2.93. The third-order valence-electron chi connectivity index (χ3n) is 4.49. The summed E-state index contributed by atoms with van der Waals surface area (Å²) in [5.41, 5.74) is 0.810. The first-order chi connectivity index (χ1) is 10.2. The summed E-state index contributed by atoms with van der Waals surface area (Å²) in [5, 5.41) is 0. The SMILES string of the molecule is CCCCCCCCC(OC)C(C)(OC)c1ccccc1. The lowest BCUT2D eigenvalue weighted by molar-refractivity contribution is -0.115. The number of ether oxygens (including phenoxy) is 2. The lowest BCUT2D eigenvalue weighted by Crippen LogP contribution is -2.39. The standard InChI is InChI=1S/C19H32O2/c1-5-6-7-8-9-13-16-18(20-3)19(2,21-4)17-14-11-10-12-15-17/h10-12,14-15,18H,5-9,13,16H2,1-4H3. The molecule has 0 saturated carbocycles. The maximum atomic E-state index is 5.85. The average molecular weight is 292 g/mol. The van der Waals surface area contributed by atoms with Crippen LogP contribution in [0.5, 0.6) is 0 Å². The fourth-order valence-corrected chi connectivity index (χ4v) is 2.93. The Morgan fingerprint density at radius 1 is 0.952 bits per heavy atom. The number of hydrogen-bond donors (Lipinski definition) is 0. The zero-order chi connectivity index (χ0) is 15.6. The number of rotatable bonds is 11. The summed E-state index contributed by atoms with van der Waals surface area (Å²) in [7, 11) is 3.57. The molecule has 1 aromatic rings. The summed E-state index contributed by atoms with van der Waals surface area (Å²) in [5.74, 6) is 0. The van der Waals surface area contributed by atoms with Gasteiger partial charge in [0.25, 0.3) is 0 Å². The van der Waals surface area contributed by atoms with Gasteiger partial charge in [-0.3, -0.25) is 0 Å². The Balaban J connectivity index is 2.55. The van der Waals surface area contributed by atoms with Gasteiger partial charge in [0.05, 0.1) is 6.10 Å². The first-order valence-electron chi connectivity index (χ1n) is 8.32. The zero-order valence-corrected chi connectivity index (χ0v) is 14.2. The van der Waals surface area contributed by atoms with Crippen molar-refractivity contribution in [3.05, 3.63) is 35.9 Å². The van der Waals surface area contributed by atoms with Gasteiger partial charge in [-0.1, -0.05) is 75.8 Å². The molecule has 0 aliphatic heterocycles. The first kappa shape index (κ1) is 18.2.